The van der Waals surface area contributed by atoms with Gasteiger partial charge in [-0.25, -0.2) is 4.79 Å². The van der Waals surface area contributed by atoms with Crippen LogP contribution in [0.4, 0.5) is 8.78 Å². The molecule has 0 amide bonds. The first kappa shape index (κ1) is 25.8. The van der Waals surface area contributed by atoms with Gasteiger partial charge in [0.2, 0.25) is 5.79 Å². The van der Waals surface area contributed by atoms with Crippen molar-refractivity contribution in [1.29, 1.82) is 0 Å². The number of benzene rings is 1. The summed E-state index contributed by atoms with van der Waals surface area (Å²) in [4.78, 5) is 12.1. The van der Waals surface area contributed by atoms with Crippen molar-refractivity contribution in [3.63, 3.8) is 0 Å². The van der Waals surface area contributed by atoms with Gasteiger partial charge >= 0.3 is 21.3 Å². The largest absolute Gasteiger partial charge is 0.465 e. The summed E-state index contributed by atoms with van der Waals surface area (Å²) in [5.41, 5.74) is -0.236. The molecule has 1 heterocycles. The molecule has 1 aromatic rings. The quantitative estimate of drug-likeness (QED) is 0.144. The summed E-state index contributed by atoms with van der Waals surface area (Å²) < 4.78 is 81.2. The first-order chi connectivity index (χ1) is 15.2. The van der Waals surface area contributed by atoms with Crippen molar-refractivity contribution in [3.05, 3.63) is 19.8 Å². The number of rotatable bonds is 3. The molecule has 6 rings (SSSR count). The van der Waals surface area contributed by atoms with Crippen LogP contribution in [0.5, 0.6) is 5.75 Å². The molecule has 0 aromatic heterocycles. The molecule has 4 saturated carbocycles. The molecule has 2 atom stereocenters. The molecule has 4 fully saturated rings. The van der Waals surface area contributed by atoms with Gasteiger partial charge < -0.3 is 14.2 Å². The number of carbonyl (C=O) groups excluding carboxylic acids is 1. The molecule has 5 aliphatic rings. The van der Waals surface area contributed by atoms with Crippen molar-refractivity contribution >= 4 is 106 Å². The highest BCUT2D eigenvalue weighted by Gasteiger charge is 2.68. The van der Waals surface area contributed by atoms with E-state index in [-0.39, 0.29) is 30.6 Å². The van der Waals surface area contributed by atoms with Crippen LogP contribution in [-0.4, -0.2) is 35.6 Å². The Morgan fingerprint density at radius 3 is 2.18 bits per heavy atom. The predicted molar refractivity (Wildman–Crippen MR) is 144 cm³/mol. The second kappa shape index (κ2) is 8.32. The van der Waals surface area contributed by atoms with Crippen LogP contribution in [0, 0.1) is 32.0 Å². The predicted octanol–water partition coefficient (Wildman–Crippen LogP) is 5.31. The van der Waals surface area contributed by atoms with Crippen molar-refractivity contribution in [1.82, 2.24) is 0 Å². The van der Waals surface area contributed by atoms with Crippen LogP contribution in [0.25, 0.3) is 0 Å². The maximum Gasteiger partial charge on any atom is 0.465 e. The molecule has 2 unspecified atom stereocenters. The van der Waals surface area contributed by atoms with Crippen molar-refractivity contribution in [3.8, 4) is 5.75 Å². The Hall–Kier alpha value is 1.14. The number of fused-ring (bicyclic) bond motifs is 1. The van der Waals surface area contributed by atoms with Crippen molar-refractivity contribution in [2.45, 2.75) is 55.4 Å². The number of esters is 1. The van der Waals surface area contributed by atoms with Crippen LogP contribution < -0.4 is 4.74 Å². The Morgan fingerprint density at radius 2 is 1.61 bits per heavy atom. The van der Waals surface area contributed by atoms with E-state index in [9.17, 15) is 22.0 Å². The van der Waals surface area contributed by atoms with E-state index < -0.39 is 32.7 Å². The van der Waals surface area contributed by atoms with Crippen molar-refractivity contribution < 1.29 is 40.8 Å². The van der Waals surface area contributed by atoms with E-state index in [1.54, 1.807) is 0 Å². The Bertz CT molecular complexity index is 1160. The highest BCUT2D eigenvalue weighted by atomic mass is 127. The first-order valence-corrected chi connectivity index (χ1v) is 15.7. The van der Waals surface area contributed by atoms with Gasteiger partial charge in [-0.1, -0.05) is 0 Å². The van der Waals surface area contributed by atoms with E-state index in [2.05, 4.69) is 90.4 Å². The van der Waals surface area contributed by atoms with Crippen molar-refractivity contribution in [2.75, 3.05) is 0 Å². The van der Waals surface area contributed by atoms with Gasteiger partial charge in [-0.15, -0.1) is 0 Å². The lowest BCUT2D eigenvalue weighted by Gasteiger charge is -2.63. The number of ether oxygens (including phenoxy) is 3. The maximum absolute atomic E-state index is 13.9. The monoisotopic (exact) mass is 934 g/mol. The molecule has 4 bridgehead atoms. The van der Waals surface area contributed by atoms with Gasteiger partial charge in [0.15, 0.2) is 0 Å². The first-order valence-electron chi connectivity index (χ1n) is 9.97. The van der Waals surface area contributed by atoms with Crippen LogP contribution in [0.1, 0.15) is 37.7 Å². The molecule has 33 heavy (non-hydrogen) atoms. The summed E-state index contributed by atoms with van der Waals surface area (Å²) >= 11 is 9.16. The lowest BCUT2D eigenvalue weighted by molar-refractivity contribution is -0.338. The van der Waals surface area contributed by atoms with Crippen LogP contribution in [0.2, 0.25) is 0 Å². The molecule has 0 saturated heterocycles. The lowest BCUT2D eigenvalue weighted by Crippen LogP contribution is -2.68. The zero-order chi connectivity index (χ0) is 24.1. The number of hydrogen-bond donors (Lipinski definition) is 1. The topological polar surface area (TPSA) is 99.1 Å². The minimum atomic E-state index is -5.92. The molecule has 14 heteroatoms. The highest BCUT2D eigenvalue weighted by Crippen LogP contribution is 2.64. The SMILES string of the molecule is O=C(OC12CC3CC(C1)C1(OCc4c(I)c(I)c(I)c(I)c4O1)C(C3)C2)C(F)(F)S(=O)(=O)O. The van der Waals surface area contributed by atoms with Gasteiger partial charge in [0.05, 0.1) is 10.2 Å². The van der Waals surface area contributed by atoms with Gasteiger partial charge in [-0.2, -0.15) is 17.2 Å². The third-order valence-corrected chi connectivity index (χ3v) is 15.5. The molecule has 4 aliphatic carbocycles. The van der Waals surface area contributed by atoms with Gasteiger partial charge in [0.1, 0.15) is 11.4 Å². The Morgan fingerprint density at radius 1 is 1.03 bits per heavy atom. The van der Waals surface area contributed by atoms with Gasteiger partial charge in [0, 0.05) is 28.1 Å². The average Bonchev–Trinajstić information content (AvgIpc) is 2.73. The summed E-state index contributed by atoms with van der Waals surface area (Å²) in [5.74, 6) is -2.66. The minimum absolute atomic E-state index is 0.130. The van der Waals surface area contributed by atoms with Crippen LogP contribution in [-0.2, 0) is 31.0 Å². The summed E-state index contributed by atoms with van der Waals surface area (Å²) in [6.45, 7) is 0.363. The fourth-order valence-electron chi connectivity index (χ4n) is 6.01. The molecule has 1 aliphatic heterocycles. The Kier molecular flexibility index (Phi) is 6.50. The van der Waals surface area contributed by atoms with Gasteiger partial charge in [0.25, 0.3) is 0 Å². The van der Waals surface area contributed by atoms with E-state index in [1.807, 2.05) is 0 Å². The molecule has 1 spiro atoms. The summed E-state index contributed by atoms with van der Waals surface area (Å²) in [6, 6.07) is 0. The fraction of sp³-hybridized carbons (Fsp3) is 0.632. The summed E-state index contributed by atoms with van der Waals surface area (Å²) in [6.07, 6.45) is 2.34. The Balaban J connectivity index is 1.47. The van der Waals surface area contributed by atoms with Crippen LogP contribution in [0.3, 0.4) is 0 Å². The summed E-state index contributed by atoms with van der Waals surface area (Å²) in [7, 11) is -5.92. The Labute approximate surface area is 243 Å². The number of hydrogen-bond acceptors (Lipinski definition) is 6. The third-order valence-electron chi connectivity index (χ3n) is 7.16. The summed E-state index contributed by atoms with van der Waals surface area (Å²) in [5, 5.41) is -5.01. The fourth-order valence-corrected chi connectivity index (χ4v) is 9.78. The smallest absolute Gasteiger partial charge is 0.460 e. The normalized spacial score (nSPS) is 34.8. The van der Waals surface area contributed by atoms with E-state index >= 15 is 0 Å². The standard InChI is InChI=1S/C19H16F2I4O7S/c20-19(21,33(27,28)29)16(26)32-17-3-7-1-8(4-17)18(9(2-7)5-17)30-6-10-11(22)12(23)13(24)14(25)15(10)31-18/h7-9H,1-6H2,(H,27,28,29). The zero-order valence-electron chi connectivity index (χ0n) is 16.5. The van der Waals surface area contributed by atoms with Crippen LogP contribution >= 0.6 is 90.4 Å². The molecular weight excluding hydrogens is 918 g/mol. The maximum atomic E-state index is 13.9. The van der Waals surface area contributed by atoms with E-state index in [0.29, 0.717) is 13.0 Å². The second-order valence-corrected chi connectivity index (χ2v) is 14.9. The average molecular weight is 934 g/mol. The van der Waals surface area contributed by atoms with Crippen LogP contribution in [0.15, 0.2) is 0 Å². The van der Waals surface area contributed by atoms with Gasteiger partial charge in [-0.3, -0.25) is 4.55 Å². The molecule has 1 N–H and O–H groups in total. The minimum Gasteiger partial charge on any atom is -0.460 e. The highest BCUT2D eigenvalue weighted by molar-refractivity contribution is 14.1. The number of alkyl halides is 2. The number of carbonyl (C=O) groups is 1. The molecule has 1 aromatic carbocycles. The lowest BCUT2D eigenvalue weighted by atomic mass is 9.51. The molecular formula is C19H16F2I4O7S. The molecule has 7 nitrogen and oxygen atoms in total. The molecule has 182 valence electrons. The van der Waals surface area contributed by atoms with Crippen molar-refractivity contribution in [2.24, 2.45) is 17.8 Å². The number of halogens is 6. The van der Waals surface area contributed by atoms with Gasteiger partial charge in [-0.05, 0) is 128 Å². The van der Waals surface area contributed by atoms with E-state index in [0.717, 1.165) is 38.4 Å². The second-order valence-electron chi connectivity index (χ2n) is 9.08. The third kappa shape index (κ3) is 3.87. The van der Waals surface area contributed by atoms with E-state index in [1.165, 1.54) is 0 Å². The molecule has 0 radical (unpaired) electrons. The zero-order valence-corrected chi connectivity index (χ0v) is 26.0. The van der Waals surface area contributed by atoms with E-state index in [4.69, 9.17) is 18.8 Å².